The molecule has 0 aromatic carbocycles. The van der Waals surface area contributed by atoms with E-state index in [1.54, 1.807) is 0 Å². The maximum Gasteiger partial charge on any atom is 0.222 e. The number of rotatable bonds is 4. The molecular weight excluding hydrogens is 236 g/mol. The largest absolute Gasteiger partial charge is 0.344 e. The van der Waals surface area contributed by atoms with Crippen molar-refractivity contribution in [2.45, 2.75) is 70.3 Å². The lowest BCUT2D eigenvalue weighted by atomic mass is 9.96. The number of likely N-dealkylation sites (N-methyl/N-ethyl adjacent to an activating group) is 1. The van der Waals surface area contributed by atoms with Crippen LogP contribution >= 0.6 is 0 Å². The zero-order chi connectivity index (χ0) is 13.5. The Morgan fingerprint density at radius 3 is 2.37 bits per heavy atom. The maximum absolute atomic E-state index is 12.3. The van der Waals surface area contributed by atoms with E-state index in [1.165, 1.54) is 57.8 Å². The molecule has 0 radical (unpaired) electrons. The molecule has 0 aromatic rings. The first kappa shape index (κ1) is 14.8. The van der Waals surface area contributed by atoms with Crippen LogP contribution in [0.15, 0.2) is 0 Å². The molecule has 2 aliphatic rings. The predicted octanol–water partition coefficient (Wildman–Crippen LogP) is 2.95. The molecule has 19 heavy (non-hydrogen) atoms. The summed E-state index contributed by atoms with van der Waals surface area (Å²) < 4.78 is 0. The molecule has 3 nitrogen and oxygen atoms in total. The molecule has 1 heterocycles. The normalized spacial score (nSPS) is 25.8. The molecule has 1 unspecified atom stereocenters. The van der Waals surface area contributed by atoms with Gasteiger partial charge in [0, 0.05) is 26.1 Å². The second-order valence-corrected chi connectivity index (χ2v) is 6.48. The van der Waals surface area contributed by atoms with Crippen molar-refractivity contribution in [3.8, 4) is 0 Å². The Morgan fingerprint density at radius 1 is 1.05 bits per heavy atom. The van der Waals surface area contributed by atoms with E-state index in [0.29, 0.717) is 17.9 Å². The van der Waals surface area contributed by atoms with Crippen LogP contribution < -0.4 is 5.32 Å². The Morgan fingerprint density at radius 2 is 1.74 bits per heavy atom. The lowest BCUT2D eigenvalue weighted by molar-refractivity contribution is -0.131. The number of nitrogens with zero attached hydrogens (tertiary/aromatic N) is 1. The SMILES string of the molecule is CN(CC1CCCCN1)C(=O)CC1CCCCCC1. The van der Waals surface area contributed by atoms with Crippen molar-refractivity contribution in [1.29, 1.82) is 0 Å². The smallest absolute Gasteiger partial charge is 0.222 e. The van der Waals surface area contributed by atoms with Crippen LogP contribution in [0, 0.1) is 5.92 Å². The fraction of sp³-hybridized carbons (Fsp3) is 0.938. The molecule has 0 aromatic heterocycles. The fourth-order valence-corrected chi connectivity index (χ4v) is 3.48. The summed E-state index contributed by atoms with van der Waals surface area (Å²) in [4.78, 5) is 14.3. The summed E-state index contributed by atoms with van der Waals surface area (Å²) in [5.74, 6) is 1.01. The zero-order valence-corrected chi connectivity index (χ0v) is 12.5. The molecular formula is C16H30N2O. The second-order valence-electron chi connectivity index (χ2n) is 6.48. The van der Waals surface area contributed by atoms with E-state index in [2.05, 4.69) is 5.32 Å². The number of hydrogen-bond acceptors (Lipinski definition) is 2. The third-order valence-corrected chi connectivity index (χ3v) is 4.77. The number of piperidine rings is 1. The first-order valence-electron chi connectivity index (χ1n) is 8.23. The van der Waals surface area contributed by atoms with Gasteiger partial charge in [-0.05, 0) is 38.1 Å². The summed E-state index contributed by atoms with van der Waals surface area (Å²) in [6.07, 6.45) is 12.5. The lowest BCUT2D eigenvalue weighted by Gasteiger charge is -2.29. The quantitative estimate of drug-likeness (QED) is 0.794. The van der Waals surface area contributed by atoms with E-state index in [4.69, 9.17) is 0 Å². The minimum atomic E-state index is 0.360. The summed E-state index contributed by atoms with van der Waals surface area (Å²) >= 11 is 0. The van der Waals surface area contributed by atoms with Gasteiger partial charge in [0.25, 0.3) is 0 Å². The van der Waals surface area contributed by atoms with Crippen LogP contribution in [0.4, 0.5) is 0 Å². The van der Waals surface area contributed by atoms with Crippen molar-refractivity contribution in [2.24, 2.45) is 5.92 Å². The number of nitrogens with one attached hydrogen (secondary N) is 1. The van der Waals surface area contributed by atoms with E-state index in [1.807, 2.05) is 11.9 Å². The minimum absolute atomic E-state index is 0.360. The van der Waals surface area contributed by atoms with Gasteiger partial charge in [-0.3, -0.25) is 4.79 Å². The average molecular weight is 266 g/mol. The van der Waals surface area contributed by atoms with Gasteiger partial charge in [0.1, 0.15) is 0 Å². The van der Waals surface area contributed by atoms with Crippen LogP contribution in [-0.2, 0) is 4.79 Å². The average Bonchev–Trinajstić information content (AvgIpc) is 2.68. The van der Waals surface area contributed by atoms with Crippen molar-refractivity contribution in [1.82, 2.24) is 10.2 Å². The summed E-state index contributed by atoms with van der Waals surface area (Å²) in [5, 5.41) is 3.52. The summed E-state index contributed by atoms with van der Waals surface area (Å²) in [5.41, 5.74) is 0. The lowest BCUT2D eigenvalue weighted by Crippen LogP contribution is -2.44. The summed E-state index contributed by atoms with van der Waals surface area (Å²) in [6.45, 7) is 2.01. The molecule has 3 heteroatoms. The molecule has 0 spiro atoms. The highest BCUT2D eigenvalue weighted by Crippen LogP contribution is 2.25. The van der Waals surface area contributed by atoms with Crippen LogP contribution in [0.2, 0.25) is 0 Å². The second kappa shape index (κ2) is 7.88. The Bertz CT molecular complexity index is 266. The van der Waals surface area contributed by atoms with Gasteiger partial charge in [0.15, 0.2) is 0 Å². The Kier molecular flexibility index (Phi) is 6.15. The van der Waals surface area contributed by atoms with Gasteiger partial charge < -0.3 is 10.2 Å². The van der Waals surface area contributed by atoms with Gasteiger partial charge in [-0.1, -0.05) is 32.1 Å². The van der Waals surface area contributed by atoms with Crippen LogP contribution in [0.25, 0.3) is 0 Å². The molecule has 0 bridgehead atoms. The van der Waals surface area contributed by atoms with Gasteiger partial charge in [0.05, 0.1) is 0 Å². The standard InChI is InChI=1S/C16H30N2O/c1-18(13-15-10-6-7-11-17-15)16(19)12-14-8-4-2-3-5-9-14/h14-15,17H,2-13H2,1H3. The molecule has 110 valence electrons. The Hall–Kier alpha value is -0.570. The molecule has 1 N–H and O–H groups in total. The highest BCUT2D eigenvalue weighted by atomic mass is 16.2. The van der Waals surface area contributed by atoms with Crippen molar-refractivity contribution in [2.75, 3.05) is 20.1 Å². The zero-order valence-electron chi connectivity index (χ0n) is 12.5. The Labute approximate surface area is 118 Å². The molecule has 1 atom stereocenters. The van der Waals surface area contributed by atoms with Gasteiger partial charge in [0.2, 0.25) is 5.91 Å². The number of hydrogen-bond donors (Lipinski definition) is 1. The highest BCUT2D eigenvalue weighted by molar-refractivity contribution is 5.76. The molecule has 2 fully saturated rings. The predicted molar refractivity (Wildman–Crippen MR) is 79.1 cm³/mol. The van der Waals surface area contributed by atoms with Crippen LogP contribution in [0.1, 0.15) is 64.2 Å². The summed E-state index contributed by atoms with van der Waals surface area (Å²) in [7, 11) is 1.98. The van der Waals surface area contributed by atoms with Gasteiger partial charge >= 0.3 is 0 Å². The van der Waals surface area contributed by atoms with E-state index < -0.39 is 0 Å². The monoisotopic (exact) mass is 266 g/mol. The van der Waals surface area contributed by atoms with Crippen molar-refractivity contribution >= 4 is 5.91 Å². The molecule has 2 rings (SSSR count). The first-order valence-corrected chi connectivity index (χ1v) is 8.23. The van der Waals surface area contributed by atoms with Gasteiger partial charge in [-0.25, -0.2) is 0 Å². The molecule has 1 saturated heterocycles. The van der Waals surface area contributed by atoms with E-state index in [9.17, 15) is 4.79 Å². The first-order chi connectivity index (χ1) is 9.25. The van der Waals surface area contributed by atoms with Crippen LogP contribution in [-0.4, -0.2) is 37.0 Å². The third kappa shape index (κ3) is 5.13. The van der Waals surface area contributed by atoms with E-state index >= 15 is 0 Å². The number of carbonyl (C=O) groups is 1. The Balaban J connectivity index is 1.71. The molecule has 1 amide bonds. The van der Waals surface area contributed by atoms with Crippen molar-refractivity contribution < 1.29 is 4.79 Å². The maximum atomic E-state index is 12.3. The molecule has 1 aliphatic heterocycles. The highest BCUT2D eigenvalue weighted by Gasteiger charge is 2.21. The van der Waals surface area contributed by atoms with Gasteiger partial charge in [-0.2, -0.15) is 0 Å². The van der Waals surface area contributed by atoms with E-state index in [0.717, 1.165) is 19.5 Å². The van der Waals surface area contributed by atoms with Crippen molar-refractivity contribution in [3.63, 3.8) is 0 Å². The molecule has 1 aliphatic carbocycles. The topological polar surface area (TPSA) is 32.3 Å². The van der Waals surface area contributed by atoms with Crippen LogP contribution in [0.5, 0.6) is 0 Å². The minimum Gasteiger partial charge on any atom is -0.344 e. The van der Waals surface area contributed by atoms with E-state index in [-0.39, 0.29) is 0 Å². The number of carbonyl (C=O) groups excluding carboxylic acids is 1. The van der Waals surface area contributed by atoms with Crippen molar-refractivity contribution in [3.05, 3.63) is 0 Å². The molecule has 1 saturated carbocycles. The van der Waals surface area contributed by atoms with Crippen LogP contribution in [0.3, 0.4) is 0 Å². The summed E-state index contributed by atoms with van der Waals surface area (Å²) in [6, 6.07) is 0.525. The third-order valence-electron chi connectivity index (χ3n) is 4.77. The fourth-order valence-electron chi connectivity index (χ4n) is 3.48. The number of amides is 1. The van der Waals surface area contributed by atoms with Gasteiger partial charge in [-0.15, -0.1) is 0 Å².